The molecule has 1 aliphatic heterocycles. The number of carbonyl (C=O) groups is 1. The second kappa shape index (κ2) is 5.41. The number of likely N-dealkylation sites (tertiary alicyclic amines) is 1. The standard InChI is InChI=1S/C14H18BrNO2/c1-14(13(17)18)5-7-16(8-6-14)10-11-3-2-4-12(15)9-11/h2-4,9H,5-8,10H2,1H3,(H,17,18). The second-order valence-corrected chi connectivity index (χ2v) is 6.19. The number of hydrogen-bond donors (Lipinski definition) is 1. The van der Waals surface area contributed by atoms with E-state index in [0.29, 0.717) is 0 Å². The molecule has 1 N–H and O–H groups in total. The molecule has 0 bridgehead atoms. The number of benzene rings is 1. The van der Waals surface area contributed by atoms with Crippen molar-refractivity contribution in [2.24, 2.45) is 5.41 Å². The van der Waals surface area contributed by atoms with Crippen LogP contribution in [0.4, 0.5) is 0 Å². The Hall–Kier alpha value is -0.870. The first kappa shape index (κ1) is 13.6. The second-order valence-electron chi connectivity index (χ2n) is 5.27. The summed E-state index contributed by atoms with van der Waals surface area (Å²) in [6.07, 6.45) is 1.46. The van der Waals surface area contributed by atoms with Crippen molar-refractivity contribution in [3.63, 3.8) is 0 Å². The van der Waals surface area contributed by atoms with Crippen molar-refractivity contribution in [3.8, 4) is 0 Å². The van der Waals surface area contributed by atoms with Crippen molar-refractivity contribution in [1.29, 1.82) is 0 Å². The SMILES string of the molecule is CC1(C(=O)O)CCN(Cc2cccc(Br)c2)CC1. The van der Waals surface area contributed by atoms with E-state index in [1.54, 1.807) is 0 Å². The van der Waals surface area contributed by atoms with Gasteiger partial charge in [0.15, 0.2) is 0 Å². The molecule has 98 valence electrons. The first-order valence-corrected chi connectivity index (χ1v) is 6.99. The van der Waals surface area contributed by atoms with Crippen LogP contribution in [-0.2, 0) is 11.3 Å². The molecule has 0 saturated carbocycles. The minimum atomic E-state index is -0.662. The van der Waals surface area contributed by atoms with Crippen LogP contribution in [0.25, 0.3) is 0 Å². The smallest absolute Gasteiger partial charge is 0.309 e. The van der Waals surface area contributed by atoms with Gasteiger partial charge in [0.25, 0.3) is 0 Å². The van der Waals surface area contributed by atoms with Gasteiger partial charge in [0.1, 0.15) is 0 Å². The molecule has 2 rings (SSSR count). The maximum atomic E-state index is 11.2. The number of nitrogens with zero attached hydrogens (tertiary/aromatic N) is 1. The van der Waals surface area contributed by atoms with Gasteiger partial charge in [0, 0.05) is 11.0 Å². The van der Waals surface area contributed by atoms with Gasteiger partial charge in [-0.05, 0) is 50.6 Å². The number of carboxylic acid groups (broad SMARTS) is 1. The summed E-state index contributed by atoms with van der Waals surface area (Å²) in [7, 11) is 0. The quantitative estimate of drug-likeness (QED) is 0.932. The molecular formula is C14H18BrNO2. The Morgan fingerprint density at radius 2 is 2.11 bits per heavy atom. The summed E-state index contributed by atoms with van der Waals surface area (Å²) in [5.41, 5.74) is 0.733. The summed E-state index contributed by atoms with van der Waals surface area (Å²) in [4.78, 5) is 13.5. The zero-order chi connectivity index (χ0) is 13.2. The molecule has 1 aromatic carbocycles. The molecule has 0 radical (unpaired) electrons. The molecule has 0 aromatic heterocycles. The highest BCUT2D eigenvalue weighted by atomic mass is 79.9. The number of rotatable bonds is 3. The minimum Gasteiger partial charge on any atom is -0.481 e. The van der Waals surface area contributed by atoms with E-state index in [9.17, 15) is 9.90 Å². The Labute approximate surface area is 116 Å². The normalized spacial score (nSPS) is 19.7. The topological polar surface area (TPSA) is 40.5 Å². The first-order valence-electron chi connectivity index (χ1n) is 6.20. The van der Waals surface area contributed by atoms with Gasteiger partial charge >= 0.3 is 5.97 Å². The van der Waals surface area contributed by atoms with E-state index in [1.165, 1.54) is 5.56 Å². The monoisotopic (exact) mass is 311 g/mol. The predicted molar refractivity (Wildman–Crippen MR) is 74.4 cm³/mol. The van der Waals surface area contributed by atoms with Crippen molar-refractivity contribution in [1.82, 2.24) is 4.90 Å². The van der Waals surface area contributed by atoms with Crippen LogP contribution in [-0.4, -0.2) is 29.1 Å². The highest BCUT2D eigenvalue weighted by Gasteiger charge is 2.36. The van der Waals surface area contributed by atoms with Crippen molar-refractivity contribution in [2.75, 3.05) is 13.1 Å². The van der Waals surface area contributed by atoms with Crippen LogP contribution in [0.5, 0.6) is 0 Å². The van der Waals surface area contributed by atoms with E-state index in [4.69, 9.17) is 0 Å². The molecule has 4 heteroatoms. The molecule has 3 nitrogen and oxygen atoms in total. The van der Waals surface area contributed by atoms with E-state index in [-0.39, 0.29) is 0 Å². The third-order valence-electron chi connectivity index (χ3n) is 3.77. The summed E-state index contributed by atoms with van der Waals surface area (Å²) in [5.74, 6) is -0.662. The molecule has 1 heterocycles. The van der Waals surface area contributed by atoms with Crippen molar-refractivity contribution < 1.29 is 9.90 Å². The Morgan fingerprint density at radius 3 is 2.67 bits per heavy atom. The van der Waals surface area contributed by atoms with Gasteiger partial charge < -0.3 is 5.11 Å². The molecule has 0 unspecified atom stereocenters. The highest BCUT2D eigenvalue weighted by Crippen LogP contribution is 2.31. The number of hydrogen-bond acceptors (Lipinski definition) is 2. The zero-order valence-corrected chi connectivity index (χ0v) is 12.1. The molecule has 0 amide bonds. The molecule has 1 aliphatic rings. The van der Waals surface area contributed by atoms with Gasteiger partial charge in [0.2, 0.25) is 0 Å². The third kappa shape index (κ3) is 3.12. The van der Waals surface area contributed by atoms with E-state index < -0.39 is 11.4 Å². The number of aliphatic carboxylic acids is 1. The van der Waals surface area contributed by atoms with E-state index in [0.717, 1.165) is 36.9 Å². The van der Waals surface area contributed by atoms with E-state index in [2.05, 4.69) is 33.0 Å². The lowest BCUT2D eigenvalue weighted by atomic mass is 9.80. The molecule has 1 saturated heterocycles. The number of piperidine rings is 1. The average Bonchev–Trinajstić information content (AvgIpc) is 2.32. The Kier molecular flexibility index (Phi) is 4.07. The average molecular weight is 312 g/mol. The lowest BCUT2D eigenvalue weighted by molar-refractivity contribution is -0.150. The van der Waals surface area contributed by atoms with Crippen LogP contribution < -0.4 is 0 Å². The molecule has 0 spiro atoms. The van der Waals surface area contributed by atoms with Gasteiger partial charge in [-0.15, -0.1) is 0 Å². The van der Waals surface area contributed by atoms with E-state index in [1.807, 2.05) is 19.1 Å². The lowest BCUT2D eigenvalue weighted by Crippen LogP contribution is -2.42. The molecule has 1 aromatic rings. The fraction of sp³-hybridized carbons (Fsp3) is 0.500. The first-order chi connectivity index (χ1) is 8.49. The highest BCUT2D eigenvalue weighted by molar-refractivity contribution is 9.10. The van der Waals surface area contributed by atoms with Gasteiger partial charge in [-0.25, -0.2) is 0 Å². The predicted octanol–water partition coefficient (Wildman–Crippen LogP) is 3.14. The van der Waals surface area contributed by atoms with Crippen molar-refractivity contribution in [3.05, 3.63) is 34.3 Å². The summed E-state index contributed by atoms with van der Waals surface area (Å²) >= 11 is 3.47. The van der Waals surface area contributed by atoms with Crippen LogP contribution in [0.1, 0.15) is 25.3 Å². The van der Waals surface area contributed by atoms with Crippen LogP contribution >= 0.6 is 15.9 Å². The zero-order valence-electron chi connectivity index (χ0n) is 10.5. The van der Waals surface area contributed by atoms with Crippen LogP contribution in [0, 0.1) is 5.41 Å². The summed E-state index contributed by atoms with van der Waals surface area (Å²) in [6.45, 7) is 4.46. The van der Waals surface area contributed by atoms with Gasteiger partial charge in [0.05, 0.1) is 5.41 Å². The van der Waals surface area contributed by atoms with Crippen molar-refractivity contribution >= 4 is 21.9 Å². The van der Waals surface area contributed by atoms with Gasteiger partial charge in [-0.2, -0.15) is 0 Å². The minimum absolute atomic E-state index is 0.534. The van der Waals surface area contributed by atoms with Crippen LogP contribution in [0.3, 0.4) is 0 Å². The lowest BCUT2D eigenvalue weighted by Gasteiger charge is -2.36. The fourth-order valence-electron chi connectivity index (χ4n) is 2.31. The van der Waals surface area contributed by atoms with Gasteiger partial charge in [-0.1, -0.05) is 28.1 Å². The Morgan fingerprint density at radius 1 is 1.44 bits per heavy atom. The number of halogens is 1. The maximum Gasteiger partial charge on any atom is 0.309 e. The molecular weight excluding hydrogens is 294 g/mol. The van der Waals surface area contributed by atoms with Crippen LogP contribution in [0.2, 0.25) is 0 Å². The summed E-state index contributed by atoms with van der Waals surface area (Å²) < 4.78 is 1.09. The van der Waals surface area contributed by atoms with Crippen LogP contribution in [0.15, 0.2) is 28.7 Å². The largest absolute Gasteiger partial charge is 0.481 e. The summed E-state index contributed by atoms with van der Waals surface area (Å²) in [5, 5.41) is 9.19. The Bertz CT molecular complexity index is 439. The van der Waals surface area contributed by atoms with Crippen molar-refractivity contribution in [2.45, 2.75) is 26.3 Å². The molecule has 0 atom stereocenters. The van der Waals surface area contributed by atoms with E-state index >= 15 is 0 Å². The summed E-state index contributed by atoms with van der Waals surface area (Å²) in [6, 6.07) is 8.27. The molecule has 0 aliphatic carbocycles. The fourth-order valence-corrected chi connectivity index (χ4v) is 2.76. The maximum absolute atomic E-state index is 11.2. The molecule has 18 heavy (non-hydrogen) atoms. The third-order valence-corrected chi connectivity index (χ3v) is 4.26. The molecule has 1 fully saturated rings. The van der Waals surface area contributed by atoms with Gasteiger partial charge in [-0.3, -0.25) is 9.69 Å². The number of carboxylic acids is 1. The Balaban J connectivity index is 1.93.